The predicted octanol–water partition coefficient (Wildman–Crippen LogP) is 2.74. The van der Waals surface area contributed by atoms with Crippen molar-refractivity contribution in [2.75, 3.05) is 7.05 Å². The first-order chi connectivity index (χ1) is 7.58. The Labute approximate surface area is 99.7 Å². The van der Waals surface area contributed by atoms with E-state index in [0.717, 1.165) is 17.0 Å². The standard InChI is InChI=1S/C12H17NO2S/c1-8-9(6-11(16-8)12(14)15)7-13(2)10-4-3-5-10/h6,10H,3-5,7H2,1-2H3,(H,14,15). The molecule has 1 fully saturated rings. The molecule has 1 heterocycles. The van der Waals surface area contributed by atoms with Crippen LogP contribution >= 0.6 is 11.3 Å². The summed E-state index contributed by atoms with van der Waals surface area (Å²) < 4.78 is 0. The predicted molar refractivity (Wildman–Crippen MR) is 65.1 cm³/mol. The third kappa shape index (κ3) is 2.28. The maximum atomic E-state index is 10.9. The van der Waals surface area contributed by atoms with E-state index in [1.165, 1.54) is 30.6 Å². The van der Waals surface area contributed by atoms with Crippen molar-refractivity contribution in [3.63, 3.8) is 0 Å². The van der Waals surface area contributed by atoms with Gasteiger partial charge in [0.1, 0.15) is 4.88 Å². The highest BCUT2D eigenvalue weighted by molar-refractivity contribution is 7.14. The van der Waals surface area contributed by atoms with E-state index in [9.17, 15) is 4.79 Å². The number of carbonyl (C=O) groups is 1. The van der Waals surface area contributed by atoms with Crippen molar-refractivity contribution >= 4 is 17.3 Å². The first-order valence-corrected chi connectivity index (χ1v) is 6.42. The average molecular weight is 239 g/mol. The molecule has 88 valence electrons. The number of carboxylic acids is 1. The van der Waals surface area contributed by atoms with E-state index in [2.05, 4.69) is 11.9 Å². The van der Waals surface area contributed by atoms with Gasteiger partial charge < -0.3 is 5.11 Å². The summed E-state index contributed by atoms with van der Waals surface area (Å²) in [5, 5.41) is 8.92. The molecule has 16 heavy (non-hydrogen) atoms. The van der Waals surface area contributed by atoms with Crippen LogP contribution in [0.15, 0.2) is 6.07 Å². The lowest BCUT2D eigenvalue weighted by molar-refractivity contribution is 0.0702. The topological polar surface area (TPSA) is 40.5 Å². The van der Waals surface area contributed by atoms with Crippen molar-refractivity contribution in [1.82, 2.24) is 4.90 Å². The minimum Gasteiger partial charge on any atom is -0.477 e. The van der Waals surface area contributed by atoms with Crippen molar-refractivity contribution < 1.29 is 9.90 Å². The minimum atomic E-state index is -0.814. The normalized spacial score (nSPS) is 16.4. The molecule has 0 bridgehead atoms. The molecule has 0 amide bonds. The molecular formula is C12H17NO2S. The molecule has 1 aromatic rings. The molecule has 0 unspecified atom stereocenters. The van der Waals surface area contributed by atoms with Crippen LogP contribution in [0.25, 0.3) is 0 Å². The van der Waals surface area contributed by atoms with E-state index in [0.29, 0.717) is 10.9 Å². The van der Waals surface area contributed by atoms with Gasteiger partial charge in [0.25, 0.3) is 0 Å². The van der Waals surface area contributed by atoms with Crippen LogP contribution in [0.1, 0.15) is 39.4 Å². The molecule has 1 aliphatic carbocycles. The van der Waals surface area contributed by atoms with E-state index in [-0.39, 0.29) is 0 Å². The maximum absolute atomic E-state index is 10.9. The van der Waals surface area contributed by atoms with Gasteiger partial charge in [-0.2, -0.15) is 0 Å². The van der Waals surface area contributed by atoms with E-state index in [1.54, 1.807) is 0 Å². The number of aromatic carboxylic acids is 1. The Morgan fingerprint density at radius 2 is 2.31 bits per heavy atom. The summed E-state index contributed by atoms with van der Waals surface area (Å²) in [5.74, 6) is -0.814. The van der Waals surface area contributed by atoms with Gasteiger partial charge in [-0.15, -0.1) is 11.3 Å². The smallest absolute Gasteiger partial charge is 0.345 e. The van der Waals surface area contributed by atoms with E-state index in [1.807, 2.05) is 13.0 Å². The second-order valence-corrected chi connectivity index (χ2v) is 5.75. The quantitative estimate of drug-likeness (QED) is 0.878. The van der Waals surface area contributed by atoms with Gasteiger partial charge in [-0.05, 0) is 38.4 Å². The second-order valence-electron chi connectivity index (χ2n) is 4.50. The van der Waals surface area contributed by atoms with Crippen LogP contribution in [0.4, 0.5) is 0 Å². The Hall–Kier alpha value is -0.870. The summed E-state index contributed by atoms with van der Waals surface area (Å²) in [6, 6.07) is 2.52. The summed E-state index contributed by atoms with van der Waals surface area (Å²) in [7, 11) is 2.13. The Kier molecular flexibility index (Phi) is 3.30. The van der Waals surface area contributed by atoms with Gasteiger partial charge in [-0.25, -0.2) is 4.79 Å². The number of nitrogens with zero attached hydrogens (tertiary/aromatic N) is 1. The molecule has 0 radical (unpaired) electrons. The zero-order valence-corrected chi connectivity index (χ0v) is 10.5. The zero-order chi connectivity index (χ0) is 11.7. The van der Waals surface area contributed by atoms with Crippen molar-refractivity contribution in [3.05, 3.63) is 21.4 Å². The van der Waals surface area contributed by atoms with Crippen LogP contribution < -0.4 is 0 Å². The SMILES string of the molecule is Cc1sc(C(=O)O)cc1CN(C)C1CCC1. The number of hydrogen-bond acceptors (Lipinski definition) is 3. The summed E-state index contributed by atoms with van der Waals surface area (Å²) in [4.78, 5) is 14.8. The van der Waals surface area contributed by atoms with Crippen molar-refractivity contribution in [2.45, 2.75) is 38.8 Å². The fourth-order valence-corrected chi connectivity index (χ4v) is 2.88. The maximum Gasteiger partial charge on any atom is 0.345 e. The van der Waals surface area contributed by atoms with Gasteiger partial charge in [0.2, 0.25) is 0 Å². The largest absolute Gasteiger partial charge is 0.477 e. The van der Waals surface area contributed by atoms with Gasteiger partial charge in [0, 0.05) is 17.5 Å². The third-order valence-corrected chi connectivity index (χ3v) is 4.43. The Balaban J connectivity index is 2.05. The fourth-order valence-electron chi connectivity index (χ4n) is 2.01. The Bertz CT molecular complexity index is 396. The summed E-state index contributed by atoms with van der Waals surface area (Å²) in [6.45, 7) is 2.88. The molecule has 4 heteroatoms. The van der Waals surface area contributed by atoms with E-state index in [4.69, 9.17) is 5.11 Å². The van der Waals surface area contributed by atoms with Crippen molar-refractivity contribution in [1.29, 1.82) is 0 Å². The highest BCUT2D eigenvalue weighted by Crippen LogP contribution is 2.28. The number of aryl methyl sites for hydroxylation is 1. The van der Waals surface area contributed by atoms with Crippen LogP contribution in [0.5, 0.6) is 0 Å². The monoisotopic (exact) mass is 239 g/mol. The van der Waals surface area contributed by atoms with E-state index >= 15 is 0 Å². The molecule has 0 atom stereocenters. The van der Waals surface area contributed by atoms with Crippen molar-refractivity contribution in [3.8, 4) is 0 Å². The van der Waals surface area contributed by atoms with Crippen LogP contribution in [0, 0.1) is 6.92 Å². The third-order valence-electron chi connectivity index (χ3n) is 3.35. The van der Waals surface area contributed by atoms with Gasteiger partial charge in [0.05, 0.1) is 0 Å². The number of rotatable bonds is 4. The number of hydrogen-bond donors (Lipinski definition) is 1. The number of thiophene rings is 1. The molecule has 0 aromatic carbocycles. The zero-order valence-electron chi connectivity index (χ0n) is 9.69. The van der Waals surface area contributed by atoms with Gasteiger partial charge in [-0.3, -0.25) is 4.90 Å². The molecule has 1 aliphatic rings. The Morgan fingerprint density at radius 1 is 1.62 bits per heavy atom. The highest BCUT2D eigenvalue weighted by Gasteiger charge is 2.23. The molecule has 1 saturated carbocycles. The molecule has 1 N–H and O–H groups in total. The van der Waals surface area contributed by atoms with Gasteiger partial charge in [0.15, 0.2) is 0 Å². The van der Waals surface area contributed by atoms with Crippen LogP contribution in [-0.4, -0.2) is 29.1 Å². The lowest BCUT2D eigenvalue weighted by atomic mass is 9.91. The molecule has 0 aliphatic heterocycles. The number of carboxylic acid groups (broad SMARTS) is 1. The van der Waals surface area contributed by atoms with Crippen LogP contribution in [0.2, 0.25) is 0 Å². The Morgan fingerprint density at radius 3 is 2.75 bits per heavy atom. The molecular weight excluding hydrogens is 222 g/mol. The van der Waals surface area contributed by atoms with E-state index < -0.39 is 5.97 Å². The fraction of sp³-hybridized carbons (Fsp3) is 0.583. The van der Waals surface area contributed by atoms with Gasteiger partial charge in [-0.1, -0.05) is 6.42 Å². The molecule has 1 aromatic heterocycles. The molecule has 2 rings (SSSR count). The van der Waals surface area contributed by atoms with Crippen LogP contribution in [0.3, 0.4) is 0 Å². The first-order valence-electron chi connectivity index (χ1n) is 5.61. The summed E-state index contributed by atoms with van der Waals surface area (Å²) in [6.07, 6.45) is 3.90. The average Bonchev–Trinajstić information content (AvgIpc) is 2.44. The van der Waals surface area contributed by atoms with Gasteiger partial charge >= 0.3 is 5.97 Å². The second kappa shape index (κ2) is 4.55. The first kappa shape index (κ1) is 11.6. The van der Waals surface area contributed by atoms with Crippen molar-refractivity contribution in [2.24, 2.45) is 0 Å². The summed E-state index contributed by atoms with van der Waals surface area (Å²) >= 11 is 1.38. The summed E-state index contributed by atoms with van der Waals surface area (Å²) in [5.41, 5.74) is 1.16. The minimum absolute atomic E-state index is 0.453. The lowest BCUT2D eigenvalue weighted by Crippen LogP contribution is -2.36. The van der Waals surface area contributed by atoms with Crippen LogP contribution in [-0.2, 0) is 6.54 Å². The molecule has 0 saturated heterocycles. The lowest BCUT2D eigenvalue weighted by Gasteiger charge is -2.34. The molecule has 0 spiro atoms. The molecule has 3 nitrogen and oxygen atoms in total. The highest BCUT2D eigenvalue weighted by atomic mass is 32.1.